The molecule has 0 saturated heterocycles. The molecule has 0 bridgehead atoms. The van der Waals surface area contributed by atoms with Crippen LogP contribution in [0.5, 0.6) is 11.5 Å². The van der Waals surface area contributed by atoms with E-state index in [0.29, 0.717) is 6.79 Å². The third-order valence-corrected chi connectivity index (χ3v) is 4.05. The predicted molar refractivity (Wildman–Crippen MR) is 85.0 cm³/mol. The van der Waals surface area contributed by atoms with Crippen LogP contribution >= 0.6 is 15.9 Å². The smallest absolute Gasteiger partial charge is 0.231 e. The lowest BCUT2D eigenvalue weighted by Gasteiger charge is -2.10. The van der Waals surface area contributed by atoms with E-state index in [1.165, 1.54) is 5.56 Å². The van der Waals surface area contributed by atoms with Crippen LogP contribution in [0.4, 0.5) is 0 Å². The maximum atomic E-state index is 5.46. The molecule has 4 rings (SSSR count). The highest BCUT2D eigenvalue weighted by molar-refractivity contribution is 9.10. The summed E-state index contributed by atoms with van der Waals surface area (Å²) in [5, 5.41) is 0. The highest BCUT2D eigenvalue weighted by atomic mass is 79.9. The van der Waals surface area contributed by atoms with E-state index in [4.69, 9.17) is 9.47 Å². The Labute approximate surface area is 130 Å². The van der Waals surface area contributed by atoms with Crippen LogP contribution in [0.1, 0.15) is 0 Å². The predicted octanol–water partition coefficient (Wildman–Crippen LogP) is 4.64. The zero-order valence-corrected chi connectivity index (χ0v) is 12.7. The van der Waals surface area contributed by atoms with Gasteiger partial charge in [-0.3, -0.25) is 0 Å². The Hall–Kier alpha value is -2.20. The summed E-state index contributed by atoms with van der Waals surface area (Å²) < 4.78 is 14.0. The number of fused-ring (bicyclic) bond motifs is 1. The Bertz CT molecular complexity index is 793. The molecule has 0 spiro atoms. The number of halogens is 1. The largest absolute Gasteiger partial charge is 0.454 e. The van der Waals surface area contributed by atoms with Gasteiger partial charge < -0.3 is 14.0 Å². The molecule has 0 unspecified atom stereocenters. The van der Waals surface area contributed by atoms with Crippen LogP contribution in [0.15, 0.2) is 65.3 Å². The first-order valence-electron chi connectivity index (χ1n) is 6.64. The highest BCUT2D eigenvalue weighted by Gasteiger charge is 2.15. The van der Waals surface area contributed by atoms with E-state index in [0.717, 1.165) is 27.4 Å². The third-order valence-electron chi connectivity index (χ3n) is 3.52. The van der Waals surface area contributed by atoms with E-state index >= 15 is 0 Å². The molecule has 1 aromatic heterocycles. The van der Waals surface area contributed by atoms with Gasteiger partial charge in [-0.05, 0) is 42.0 Å². The van der Waals surface area contributed by atoms with Gasteiger partial charge in [0.25, 0.3) is 0 Å². The third kappa shape index (κ3) is 2.21. The van der Waals surface area contributed by atoms with Crippen molar-refractivity contribution in [2.45, 2.75) is 0 Å². The van der Waals surface area contributed by atoms with E-state index in [2.05, 4.69) is 44.9 Å². The molecule has 2 aromatic carbocycles. The van der Waals surface area contributed by atoms with Gasteiger partial charge in [0, 0.05) is 22.4 Å². The lowest BCUT2D eigenvalue weighted by atomic mass is 10.1. The zero-order valence-electron chi connectivity index (χ0n) is 11.1. The van der Waals surface area contributed by atoms with Gasteiger partial charge in [-0.2, -0.15) is 0 Å². The summed E-state index contributed by atoms with van der Waals surface area (Å²) in [6.07, 6.45) is 2.05. The molecule has 104 valence electrons. The highest BCUT2D eigenvalue weighted by Crippen LogP contribution is 2.35. The quantitative estimate of drug-likeness (QED) is 0.678. The molecule has 3 aromatic rings. The Morgan fingerprint density at radius 1 is 0.905 bits per heavy atom. The molecule has 2 heterocycles. The van der Waals surface area contributed by atoms with Crippen LogP contribution in [0.3, 0.4) is 0 Å². The van der Waals surface area contributed by atoms with Gasteiger partial charge >= 0.3 is 0 Å². The Morgan fingerprint density at radius 3 is 2.57 bits per heavy atom. The molecule has 21 heavy (non-hydrogen) atoms. The van der Waals surface area contributed by atoms with Crippen molar-refractivity contribution >= 4 is 15.9 Å². The summed E-state index contributed by atoms with van der Waals surface area (Å²) >= 11 is 3.47. The Morgan fingerprint density at radius 2 is 1.71 bits per heavy atom. The van der Waals surface area contributed by atoms with E-state index in [9.17, 15) is 0 Å². The second kappa shape index (κ2) is 4.97. The summed E-state index contributed by atoms with van der Waals surface area (Å²) in [5.74, 6) is 1.60. The first-order chi connectivity index (χ1) is 10.3. The Kier molecular flexibility index (Phi) is 2.97. The molecule has 4 heteroatoms. The molecule has 0 saturated carbocycles. The number of aromatic nitrogens is 1. The van der Waals surface area contributed by atoms with Gasteiger partial charge in [0.05, 0.1) is 5.69 Å². The molecule has 0 amide bonds. The van der Waals surface area contributed by atoms with Crippen LogP contribution in [0.2, 0.25) is 0 Å². The number of hydrogen-bond acceptors (Lipinski definition) is 2. The zero-order chi connectivity index (χ0) is 14.2. The lowest BCUT2D eigenvalue weighted by Crippen LogP contribution is -1.95. The van der Waals surface area contributed by atoms with Gasteiger partial charge in [0.15, 0.2) is 11.5 Å². The summed E-state index contributed by atoms with van der Waals surface area (Å²) in [5.41, 5.74) is 3.37. The monoisotopic (exact) mass is 341 g/mol. The van der Waals surface area contributed by atoms with E-state index < -0.39 is 0 Å². The van der Waals surface area contributed by atoms with Crippen molar-refractivity contribution in [2.75, 3.05) is 6.79 Å². The van der Waals surface area contributed by atoms with Crippen molar-refractivity contribution in [2.24, 2.45) is 0 Å². The molecular formula is C17H12BrNO2. The normalized spacial score (nSPS) is 12.6. The van der Waals surface area contributed by atoms with Crippen LogP contribution in [0, 0.1) is 0 Å². The summed E-state index contributed by atoms with van der Waals surface area (Å²) in [7, 11) is 0. The summed E-state index contributed by atoms with van der Waals surface area (Å²) in [6.45, 7) is 0.296. The molecule has 1 aliphatic rings. The SMILES string of the molecule is Brc1ccc(-c2cccn2-c2ccc3c(c2)OCO3)cc1. The number of rotatable bonds is 2. The van der Waals surface area contributed by atoms with Gasteiger partial charge in [-0.25, -0.2) is 0 Å². The minimum Gasteiger partial charge on any atom is -0.454 e. The van der Waals surface area contributed by atoms with E-state index in [1.54, 1.807) is 0 Å². The second-order valence-corrected chi connectivity index (χ2v) is 5.72. The Balaban J connectivity index is 1.80. The molecule has 0 radical (unpaired) electrons. The molecule has 0 N–H and O–H groups in total. The van der Waals surface area contributed by atoms with Crippen molar-refractivity contribution < 1.29 is 9.47 Å². The average Bonchev–Trinajstić information content (AvgIpc) is 3.16. The average molecular weight is 342 g/mol. The molecule has 0 fully saturated rings. The van der Waals surface area contributed by atoms with Gasteiger partial charge in [-0.1, -0.05) is 28.1 Å². The number of hydrogen-bond donors (Lipinski definition) is 0. The van der Waals surface area contributed by atoms with Crippen molar-refractivity contribution in [3.05, 3.63) is 65.3 Å². The second-order valence-electron chi connectivity index (χ2n) is 4.81. The van der Waals surface area contributed by atoms with E-state index in [-0.39, 0.29) is 0 Å². The number of ether oxygens (including phenoxy) is 2. The molecule has 0 aliphatic carbocycles. The van der Waals surface area contributed by atoms with Crippen molar-refractivity contribution in [1.29, 1.82) is 0 Å². The van der Waals surface area contributed by atoms with Crippen molar-refractivity contribution in [1.82, 2.24) is 4.57 Å². The number of benzene rings is 2. The van der Waals surface area contributed by atoms with Crippen LogP contribution in [-0.4, -0.2) is 11.4 Å². The molecule has 1 aliphatic heterocycles. The molecule has 3 nitrogen and oxygen atoms in total. The first kappa shape index (κ1) is 12.5. The van der Waals surface area contributed by atoms with Gasteiger partial charge in [0.1, 0.15) is 0 Å². The minimum absolute atomic E-state index is 0.296. The van der Waals surface area contributed by atoms with E-state index in [1.807, 2.05) is 36.4 Å². The minimum atomic E-state index is 0.296. The first-order valence-corrected chi connectivity index (χ1v) is 7.44. The molecular weight excluding hydrogens is 330 g/mol. The fourth-order valence-corrected chi connectivity index (χ4v) is 2.76. The van der Waals surface area contributed by atoms with Gasteiger partial charge in [0.2, 0.25) is 6.79 Å². The standard InChI is InChI=1S/C17H12BrNO2/c18-13-5-3-12(4-6-13)15-2-1-9-19(15)14-7-8-16-17(10-14)21-11-20-16/h1-10H,11H2. The van der Waals surface area contributed by atoms with Crippen LogP contribution < -0.4 is 9.47 Å². The van der Waals surface area contributed by atoms with Crippen molar-refractivity contribution in [3.8, 4) is 28.4 Å². The molecule has 0 atom stereocenters. The summed E-state index contributed by atoms with van der Waals surface area (Å²) in [4.78, 5) is 0. The topological polar surface area (TPSA) is 23.4 Å². The van der Waals surface area contributed by atoms with Crippen LogP contribution in [-0.2, 0) is 0 Å². The number of nitrogens with zero attached hydrogens (tertiary/aromatic N) is 1. The van der Waals surface area contributed by atoms with Gasteiger partial charge in [-0.15, -0.1) is 0 Å². The fraction of sp³-hybridized carbons (Fsp3) is 0.0588. The maximum Gasteiger partial charge on any atom is 0.231 e. The summed E-state index contributed by atoms with van der Waals surface area (Å²) in [6, 6.07) is 18.4. The maximum absolute atomic E-state index is 5.46. The fourth-order valence-electron chi connectivity index (χ4n) is 2.50. The van der Waals surface area contributed by atoms with Crippen molar-refractivity contribution in [3.63, 3.8) is 0 Å². The lowest BCUT2D eigenvalue weighted by molar-refractivity contribution is 0.174. The van der Waals surface area contributed by atoms with Crippen LogP contribution in [0.25, 0.3) is 16.9 Å².